The van der Waals surface area contributed by atoms with E-state index in [1.807, 2.05) is 13.2 Å². The molecule has 14 heavy (non-hydrogen) atoms. The van der Waals surface area contributed by atoms with E-state index in [2.05, 4.69) is 10.4 Å². The van der Waals surface area contributed by atoms with Gasteiger partial charge in [0.15, 0.2) is 0 Å². The Labute approximate surface area is 82.3 Å². The molecule has 0 radical (unpaired) electrons. The zero-order valence-electron chi connectivity index (χ0n) is 8.10. The number of piperidine rings is 1. The van der Waals surface area contributed by atoms with E-state index in [0.717, 1.165) is 12.0 Å². The number of aryl methyl sites for hydroxylation is 1. The molecule has 3 N–H and O–H groups in total. The lowest BCUT2D eigenvalue weighted by atomic mass is 9.95. The summed E-state index contributed by atoms with van der Waals surface area (Å²) < 4.78 is 1.71. The van der Waals surface area contributed by atoms with Crippen molar-refractivity contribution in [2.75, 3.05) is 0 Å². The molecule has 1 saturated heterocycles. The molecular weight excluding hydrogens is 180 g/mol. The zero-order valence-corrected chi connectivity index (χ0v) is 8.10. The highest BCUT2D eigenvalue weighted by molar-refractivity contribution is 5.77. The van der Waals surface area contributed by atoms with Crippen LogP contribution in [0.25, 0.3) is 0 Å². The van der Waals surface area contributed by atoms with Gasteiger partial charge in [0, 0.05) is 31.3 Å². The fourth-order valence-electron chi connectivity index (χ4n) is 1.75. The Kier molecular flexibility index (Phi) is 2.25. The van der Waals surface area contributed by atoms with Crippen LogP contribution in [-0.2, 0) is 11.8 Å². The first-order valence-electron chi connectivity index (χ1n) is 4.70. The van der Waals surface area contributed by atoms with Gasteiger partial charge in [0.1, 0.15) is 0 Å². The molecule has 1 aromatic rings. The molecule has 1 amide bonds. The van der Waals surface area contributed by atoms with Crippen molar-refractivity contribution in [3.8, 4) is 0 Å². The van der Waals surface area contributed by atoms with Crippen molar-refractivity contribution < 1.29 is 4.79 Å². The number of hydrogen-bond acceptors (Lipinski definition) is 3. The normalized spacial score (nSPS) is 27.4. The zero-order chi connectivity index (χ0) is 10.1. The molecule has 0 spiro atoms. The van der Waals surface area contributed by atoms with Crippen LogP contribution in [0.5, 0.6) is 0 Å². The second-order valence-electron chi connectivity index (χ2n) is 3.70. The average Bonchev–Trinajstić information content (AvgIpc) is 2.56. The first kappa shape index (κ1) is 9.21. The predicted molar refractivity (Wildman–Crippen MR) is 51.3 cm³/mol. The van der Waals surface area contributed by atoms with Gasteiger partial charge in [-0.3, -0.25) is 9.48 Å². The van der Waals surface area contributed by atoms with E-state index in [4.69, 9.17) is 5.73 Å². The highest BCUT2D eigenvalue weighted by Crippen LogP contribution is 2.21. The van der Waals surface area contributed by atoms with Crippen LogP contribution in [0.4, 0.5) is 0 Å². The topological polar surface area (TPSA) is 72.9 Å². The number of amides is 1. The molecule has 1 fully saturated rings. The van der Waals surface area contributed by atoms with Crippen LogP contribution < -0.4 is 11.1 Å². The Morgan fingerprint density at radius 1 is 1.71 bits per heavy atom. The second kappa shape index (κ2) is 3.42. The lowest BCUT2D eigenvalue weighted by Gasteiger charge is -2.28. The Balaban J connectivity index is 2.19. The predicted octanol–water partition coefficient (Wildman–Crippen LogP) is -0.302. The summed E-state index contributed by atoms with van der Waals surface area (Å²) in [4.78, 5) is 11.2. The Morgan fingerprint density at radius 3 is 3.14 bits per heavy atom. The van der Waals surface area contributed by atoms with Crippen molar-refractivity contribution >= 4 is 5.91 Å². The van der Waals surface area contributed by atoms with Gasteiger partial charge in [-0.15, -0.1) is 0 Å². The molecule has 1 aliphatic heterocycles. The van der Waals surface area contributed by atoms with E-state index < -0.39 is 0 Å². The Hall–Kier alpha value is -1.36. The standard InChI is InChI=1S/C9H14N4O/c1-13-5-6(4-11-13)9-7(10)2-3-8(14)12-9/h4-5,7,9H,2-3,10H2,1H3,(H,12,14)/t7-,9?/m0/s1. The molecule has 2 atom stereocenters. The summed E-state index contributed by atoms with van der Waals surface area (Å²) >= 11 is 0. The van der Waals surface area contributed by atoms with Gasteiger partial charge >= 0.3 is 0 Å². The SMILES string of the molecule is Cn1cc(C2NC(=O)CC[C@@H]2N)cn1. The molecule has 76 valence electrons. The summed E-state index contributed by atoms with van der Waals surface area (Å²) in [6.07, 6.45) is 4.90. The van der Waals surface area contributed by atoms with Crippen LogP contribution in [0, 0.1) is 0 Å². The van der Waals surface area contributed by atoms with E-state index in [-0.39, 0.29) is 18.0 Å². The molecule has 1 aliphatic rings. The molecule has 5 nitrogen and oxygen atoms in total. The average molecular weight is 194 g/mol. The third-order valence-corrected chi connectivity index (χ3v) is 2.53. The van der Waals surface area contributed by atoms with Gasteiger partial charge in [-0.2, -0.15) is 5.10 Å². The number of carbonyl (C=O) groups excluding carboxylic acids is 1. The number of rotatable bonds is 1. The van der Waals surface area contributed by atoms with E-state index in [9.17, 15) is 4.79 Å². The summed E-state index contributed by atoms with van der Waals surface area (Å²) in [5.74, 6) is 0.0700. The van der Waals surface area contributed by atoms with Crippen LogP contribution in [0.15, 0.2) is 12.4 Å². The van der Waals surface area contributed by atoms with Gasteiger partial charge in [-0.25, -0.2) is 0 Å². The van der Waals surface area contributed by atoms with Crippen molar-refractivity contribution in [1.82, 2.24) is 15.1 Å². The maximum atomic E-state index is 11.2. The lowest BCUT2D eigenvalue weighted by molar-refractivity contribution is -0.123. The Bertz CT molecular complexity index is 346. The number of nitrogens with two attached hydrogens (primary N) is 1. The lowest BCUT2D eigenvalue weighted by Crippen LogP contribution is -2.45. The summed E-state index contributed by atoms with van der Waals surface area (Å²) in [5.41, 5.74) is 6.91. The second-order valence-corrected chi connectivity index (χ2v) is 3.70. The van der Waals surface area contributed by atoms with Gasteiger partial charge in [0.25, 0.3) is 0 Å². The van der Waals surface area contributed by atoms with Crippen LogP contribution in [0.1, 0.15) is 24.4 Å². The van der Waals surface area contributed by atoms with E-state index >= 15 is 0 Å². The van der Waals surface area contributed by atoms with Gasteiger partial charge in [-0.05, 0) is 6.42 Å². The molecule has 0 bridgehead atoms. The maximum Gasteiger partial charge on any atom is 0.220 e. The van der Waals surface area contributed by atoms with Gasteiger partial charge in [0.2, 0.25) is 5.91 Å². The minimum Gasteiger partial charge on any atom is -0.348 e. The highest BCUT2D eigenvalue weighted by Gasteiger charge is 2.27. The van der Waals surface area contributed by atoms with Crippen molar-refractivity contribution in [3.05, 3.63) is 18.0 Å². The number of hydrogen-bond donors (Lipinski definition) is 2. The van der Waals surface area contributed by atoms with Gasteiger partial charge in [-0.1, -0.05) is 0 Å². The quantitative estimate of drug-likeness (QED) is 0.644. The number of nitrogens with zero attached hydrogens (tertiary/aromatic N) is 2. The van der Waals surface area contributed by atoms with Crippen molar-refractivity contribution in [2.24, 2.45) is 12.8 Å². The molecule has 0 aromatic carbocycles. The van der Waals surface area contributed by atoms with Crippen LogP contribution >= 0.6 is 0 Å². The first-order chi connectivity index (χ1) is 6.66. The van der Waals surface area contributed by atoms with Crippen molar-refractivity contribution in [1.29, 1.82) is 0 Å². The van der Waals surface area contributed by atoms with E-state index in [0.29, 0.717) is 6.42 Å². The molecule has 2 rings (SSSR count). The fraction of sp³-hybridized carbons (Fsp3) is 0.556. The van der Waals surface area contributed by atoms with E-state index in [1.165, 1.54) is 0 Å². The summed E-state index contributed by atoms with van der Waals surface area (Å²) in [5, 5.41) is 6.94. The van der Waals surface area contributed by atoms with Crippen LogP contribution in [0.2, 0.25) is 0 Å². The van der Waals surface area contributed by atoms with Crippen molar-refractivity contribution in [2.45, 2.75) is 24.9 Å². The first-order valence-corrected chi connectivity index (χ1v) is 4.70. The number of nitrogens with one attached hydrogen (secondary N) is 1. The number of aromatic nitrogens is 2. The van der Waals surface area contributed by atoms with Gasteiger partial charge in [0.05, 0.1) is 12.2 Å². The summed E-state index contributed by atoms with van der Waals surface area (Å²) in [6.45, 7) is 0. The van der Waals surface area contributed by atoms with Crippen molar-refractivity contribution in [3.63, 3.8) is 0 Å². The van der Waals surface area contributed by atoms with Crippen LogP contribution in [0.3, 0.4) is 0 Å². The smallest absolute Gasteiger partial charge is 0.220 e. The maximum absolute atomic E-state index is 11.2. The monoisotopic (exact) mass is 194 g/mol. The molecule has 0 saturated carbocycles. The third kappa shape index (κ3) is 1.63. The summed E-state index contributed by atoms with van der Waals surface area (Å²) in [6, 6.07) is -0.0816. The van der Waals surface area contributed by atoms with Crippen LogP contribution in [-0.4, -0.2) is 21.7 Å². The van der Waals surface area contributed by atoms with Gasteiger partial charge < -0.3 is 11.1 Å². The minimum absolute atomic E-state index is 0.00287. The fourth-order valence-corrected chi connectivity index (χ4v) is 1.75. The molecular formula is C9H14N4O. The summed E-state index contributed by atoms with van der Waals surface area (Å²) in [7, 11) is 1.85. The van der Waals surface area contributed by atoms with E-state index in [1.54, 1.807) is 10.9 Å². The number of carbonyl (C=O) groups is 1. The minimum atomic E-state index is -0.0788. The molecule has 2 heterocycles. The molecule has 1 unspecified atom stereocenters. The molecule has 1 aromatic heterocycles. The Morgan fingerprint density at radius 2 is 2.50 bits per heavy atom. The molecule has 0 aliphatic carbocycles. The highest BCUT2D eigenvalue weighted by atomic mass is 16.1. The largest absolute Gasteiger partial charge is 0.348 e. The molecule has 5 heteroatoms. The third-order valence-electron chi connectivity index (χ3n) is 2.53.